The zero-order chi connectivity index (χ0) is 21.2. The number of hydrogen-bond donors (Lipinski definition) is 0. The predicted molar refractivity (Wildman–Crippen MR) is 113 cm³/mol. The summed E-state index contributed by atoms with van der Waals surface area (Å²) in [6, 6.07) is 19.5. The molecule has 152 valence electrons. The van der Waals surface area contributed by atoms with Crippen LogP contribution < -0.4 is 18.9 Å². The van der Waals surface area contributed by atoms with Crippen LogP contribution in [-0.2, 0) is 4.79 Å². The molecular weight excluding hydrogens is 396 g/mol. The first-order valence-corrected chi connectivity index (χ1v) is 9.59. The summed E-state index contributed by atoms with van der Waals surface area (Å²) in [5, 5.41) is 0. The van der Waals surface area contributed by atoms with Crippen LogP contribution in [-0.4, -0.2) is 18.5 Å². The summed E-state index contributed by atoms with van der Waals surface area (Å²) in [5.74, 6) is 1.33. The maximum Gasteiger partial charge on any atom is 0.336 e. The third-order valence-electron chi connectivity index (χ3n) is 4.77. The van der Waals surface area contributed by atoms with Gasteiger partial charge in [-0.25, -0.2) is 4.79 Å². The van der Waals surface area contributed by atoms with Gasteiger partial charge in [-0.1, -0.05) is 36.4 Å². The summed E-state index contributed by atoms with van der Waals surface area (Å²) in [6.45, 7) is 0.179. The van der Waals surface area contributed by atoms with Gasteiger partial charge >= 0.3 is 5.97 Å². The Morgan fingerprint density at radius 2 is 1.71 bits per heavy atom. The van der Waals surface area contributed by atoms with Crippen LogP contribution in [0.15, 0.2) is 78.6 Å². The highest BCUT2D eigenvalue weighted by atomic mass is 16.7. The lowest BCUT2D eigenvalue weighted by molar-refractivity contribution is -0.128. The number of esters is 1. The second-order valence-corrected chi connectivity index (χ2v) is 6.88. The first-order valence-electron chi connectivity index (χ1n) is 9.59. The molecule has 2 aliphatic rings. The van der Waals surface area contributed by atoms with Crippen molar-refractivity contribution in [2.45, 2.75) is 0 Å². The van der Waals surface area contributed by atoms with Crippen LogP contribution in [0.2, 0.25) is 0 Å². The zero-order valence-electron chi connectivity index (χ0n) is 16.2. The van der Waals surface area contributed by atoms with Crippen LogP contribution in [0.5, 0.6) is 23.0 Å². The summed E-state index contributed by atoms with van der Waals surface area (Å²) in [5.41, 5.74) is 2.05. The average Bonchev–Trinajstić information content (AvgIpc) is 3.37. The fourth-order valence-corrected chi connectivity index (χ4v) is 3.26. The number of Topliss-reactive ketones (excluding diaryl/α,β-unsaturated/α-hetero) is 1. The Bertz CT molecular complexity index is 1240. The molecule has 5 rings (SSSR count). The minimum absolute atomic E-state index is 0.179. The second kappa shape index (κ2) is 7.84. The van der Waals surface area contributed by atoms with Gasteiger partial charge < -0.3 is 18.9 Å². The van der Waals surface area contributed by atoms with Gasteiger partial charge in [0, 0.05) is 12.1 Å². The number of carbonyl (C=O) groups is 2. The number of allylic oxidation sites excluding steroid dienone is 1. The summed E-state index contributed by atoms with van der Waals surface area (Å²) < 4.78 is 21.7. The Balaban J connectivity index is 1.31. The van der Waals surface area contributed by atoms with Crippen molar-refractivity contribution < 1.29 is 28.5 Å². The van der Waals surface area contributed by atoms with Crippen molar-refractivity contribution in [2.24, 2.45) is 0 Å². The molecule has 0 fully saturated rings. The van der Waals surface area contributed by atoms with Crippen LogP contribution in [0.25, 0.3) is 12.2 Å². The molecule has 6 heteroatoms. The number of fused-ring (bicyclic) bond motifs is 2. The number of benzene rings is 3. The molecule has 0 saturated heterocycles. The molecule has 0 aromatic heterocycles. The third kappa shape index (κ3) is 3.91. The maximum atomic E-state index is 12.7. The normalized spacial score (nSPS) is 15.2. The summed E-state index contributed by atoms with van der Waals surface area (Å²) >= 11 is 0. The van der Waals surface area contributed by atoms with Gasteiger partial charge in [0.15, 0.2) is 17.3 Å². The van der Waals surface area contributed by atoms with Crippen LogP contribution >= 0.6 is 0 Å². The molecule has 0 unspecified atom stereocenters. The molecule has 2 heterocycles. The van der Waals surface area contributed by atoms with Gasteiger partial charge in [0.2, 0.25) is 12.6 Å². The van der Waals surface area contributed by atoms with Crippen molar-refractivity contribution in [3.63, 3.8) is 0 Å². The van der Waals surface area contributed by atoms with Gasteiger partial charge in [-0.05, 0) is 47.5 Å². The summed E-state index contributed by atoms with van der Waals surface area (Å²) in [4.78, 5) is 24.8. The Kier molecular flexibility index (Phi) is 4.72. The third-order valence-corrected chi connectivity index (χ3v) is 4.77. The van der Waals surface area contributed by atoms with E-state index >= 15 is 0 Å². The highest BCUT2D eigenvalue weighted by molar-refractivity contribution is 6.14. The SMILES string of the molecule is O=C(/C=C/c1ccccc1)Oc1ccc2c(c1)O/C(=C\c1ccc3c(c1)OCO3)C2=O. The first kappa shape index (κ1) is 18.7. The zero-order valence-corrected chi connectivity index (χ0v) is 16.2. The van der Waals surface area contributed by atoms with E-state index in [1.807, 2.05) is 36.4 Å². The molecule has 0 aliphatic carbocycles. The van der Waals surface area contributed by atoms with Crippen molar-refractivity contribution >= 4 is 23.9 Å². The van der Waals surface area contributed by atoms with Crippen molar-refractivity contribution in [1.29, 1.82) is 0 Å². The van der Waals surface area contributed by atoms with Gasteiger partial charge in [-0.2, -0.15) is 0 Å². The van der Waals surface area contributed by atoms with E-state index in [1.165, 1.54) is 12.1 Å². The molecule has 0 bridgehead atoms. The van der Waals surface area contributed by atoms with Crippen molar-refractivity contribution in [3.05, 3.63) is 95.3 Å². The van der Waals surface area contributed by atoms with E-state index in [0.717, 1.165) is 11.1 Å². The lowest BCUT2D eigenvalue weighted by Crippen LogP contribution is -2.03. The highest BCUT2D eigenvalue weighted by Crippen LogP contribution is 2.37. The highest BCUT2D eigenvalue weighted by Gasteiger charge is 2.28. The smallest absolute Gasteiger partial charge is 0.336 e. The lowest BCUT2D eigenvalue weighted by Gasteiger charge is -2.03. The van der Waals surface area contributed by atoms with Crippen LogP contribution in [0.1, 0.15) is 21.5 Å². The molecule has 0 amide bonds. The van der Waals surface area contributed by atoms with Crippen LogP contribution in [0, 0.1) is 0 Å². The average molecular weight is 412 g/mol. The lowest BCUT2D eigenvalue weighted by atomic mass is 10.1. The fraction of sp³-hybridized carbons (Fsp3) is 0.0400. The Hall–Kier alpha value is -4.32. The molecular formula is C25H16O6. The van der Waals surface area contributed by atoms with E-state index in [1.54, 1.807) is 36.4 Å². The van der Waals surface area contributed by atoms with Gasteiger partial charge in [0.25, 0.3) is 0 Å². The van der Waals surface area contributed by atoms with Gasteiger partial charge in [-0.15, -0.1) is 0 Å². The molecule has 3 aromatic carbocycles. The molecule has 2 aliphatic heterocycles. The van der Waals surface area contributed by atoms with E-state index in [0.29, 0.717) is 28.6 Å². The monoisotopic (exact) mass is 412 g/mol. The number of rotatable bonds is 4. The van der Waals surface area contributed by atoms with E-state index in [2.05, 4.69) is 0 Å². The van der Waals surface area contributed by atoms with Gasteiger partial charge in [0.1, 0.15) is 11.5 Å². The maximum absolute atomic E-state index is 12.7. The standard InChI is InChI=1S/C25H16O6/c26-24(11-7-16-4-2-1-3-5-16)30-18-8-9-19-21(14-18)31-23(25(19)27)13-17-6-10-20-22(12-17)29-15-28-20/h1-14H,15H2/b11-7+,23-13-. The topological polar surface area (TPSA) is 71.1 Å². The minimum Gasteiger partial charge on any atom is -0.454 e. The Labute approximate surface area is 177 Å². The van der Waals surface area contributed by atoms with Crippen molar-refractivity contribution in [2.75, 3.05) is 6.79 Å². The molecule has 31 heavy (non-hydrogen) atoms. The minimum atomic E-state index is -0.524. The summed E-state index contributed by atoms with van der Waals surface area (Å²) in [7, 11) is 0. The molecule has 0 N–H and O–H groups in total. The number of ether oxygens (including phenoxy) is 4. The van der Waals surface area contributed by atoms with E-state index in [4.69, 9.17) is 18.9 Å². The Morgan fingerprint density at radius 1 is 0.871 bits per heavy atom. The van der Waals surface area contributed by atoms with E-state index in [9.17, 15) is 9.59 Å². The van der Waals surface area contributed by atoms with Crippen molar-refractivity contribution in [1.82, 2.24) is 0 Å². The molecule has 0 saturated carbocycles. The molecule has 0 spiro atoms. The Morgan fingerprint density at radius 3 is 2.58 bits per heavy atom. The second-order valence-electron chi connectivity index (χ2n) is 6.88. The number of hydrogen-bond acceptors (Lipinski definition) is 6. The first-order chi connectivity index (χ1) is 15.2. The molecule has 6 nitrogen and oxygen atoms in total. The van der Waals surface area contributed by atoms with Crippen LogP contribution in [0.3, 0.4) is 0 Å². The van der Waals surface area contributed by atoms with E-state index in [-0.39, 0.29) is 18.3 Å². The van der Waals surface area contributed by atoms with Crippen LogP contribution in [0.4, 0.5) is 0 Å². The van der Waals surface area contributed by atoms with E-state index < -0.39 is 5.97 Å². The molecule has 0 radical (unpaired) electrons. The summed E-state index contributed by atoms with van der Waals surface area (Å²) in [6.07, 6.45) is 4.65. The number of ketones is 1. The fourth-order valence-electron chi connectivity index (χ4n) is 3.26. The quantitative estimate of drug-likeness (QED) is 0.353. The molecule has 3 aromatic rings. The van der Waals surface area contributed by atoms with Gasteiger partial charge in [0.05, 0.1) is 5.56 Å². The molecule has 0 atom stereocenters. The largest absolute Gasteiger partial charge is 0.454 e. The predicted octanol–water partition coefficient (Wildman–Crippen LogP) is 4.65. The van der Waals surface area contributed by atoms with Gasteiger partial charge in [-0.3, -0.25) is 4.79 Å². The number of carbonyl (C=O) groups excluding carboxylic acids is 2. The van der Waals surface area contributed by atoms with Crippen molar-refractivity contribution in [3.8, 4) is 23.0 Å².